The minimum absolute atomic E-state index is 0.0748. The Morgan fingerprint density at radius 1 is 1.18 bits per heavy atom. The lowest BCUT2D eigenvalue weighted by Crippen LogP contribution is -2.59. The standard InChI is InChI=1S/C18H25FN12O9P2S3/c19-18(31(23)13-7(20)12(21)24-4-25-13)3-36-5-1-37-41(34,43)39-10-9(32)6(2-38-42(35,44)40-11(5)18)45-16(10)30-14-8(28-29-30)15(33)27-17(22)26-14/h4-6,9-11,16,32H,1-3,20,23H2,(H,34,43)(H,35,44)(H2,21,24,25)(H3,22,26,27,33)/t5-,6-,9-,10-,11-,16-,18+,41?,42?/m1/s1. The Morgan fingerprint density at radius 3 is 2.64 bits per heavy atom. The summed E-state index contributed by atoms with van der Waals surface area (Å²) in [5.74, 6) is 2.45. The van der Waals surface area contributed by atoms with E-state index < -0.39 is 79.8 Å². The number of nitrogen functional groups attached to an aromatic ring is 3. The lowest BCUT2D eigenvalue weighted by Gasteiger charge is -2.36. The summed E-state index contributed by atoms with van der Waals surface area (Å²) >= 11 is 8.98. The predicted octanol–water partition coefficient (Wildman–Crippen LogP) is -0.636. The van der Waals surface area contributed by atoms with Gasteiger partial charge in [-0.05, 0) is 0 Å². The van der Waals surface area contributed by atoms with Crippen molar-refractivity contribution in [3.63, 3.8) is 0 Å². The zero-order chi connectivity index (χ0) is 32.5. The molecule has 6 heterocycles. The number of anilines is 4. The van der Waals surface area contributed by atoms with E-state index in [1.807, 2.05) is 0 Å². The molecule has 0 radical (unpaired) electrons. The zero-order valence-corrected chi connectivity index (χ0v) is 26.8. The Labute approximate surface area is 265 Å². The Hall–Kier alpha value is -2.28. The number of thiol groups is 2. The van der Waals surface area contributed by atoms with Crippen LogP contribution >= 0.6 is 49.9 Å². The number of ether oxygens (including phenoxy) is 1. The number of hydrogen-bond acceptors (Lipinski definition) is 20. The van der Waals surface area contributed by atoms with Crippen LogP contribution in [0.4, 0.5) is 27.7 Å². The summed E-state index contributed by atoms with van der Waals surface area (Å²) in [6.07, 6.45) is -5.26. The molecule has 0 amide bonds. The van der Waals surface area contributed by atoms with Gasteiger partial charge in [0.25, 0.3) is 5.56 Å². The van der Waals surface area contributed by atoms with Crippen LogP contribution in [0.5, 0.6) is 0 Å². The number of H-pyrrole nitrogens is 1. The van der Waals surface area contributed by atoms with E-state index in [9.17, 15) is 19.0 Å². The highest BCUT2D eigenvalue weighted by Crippen LogP contribution is 2.62. The molecule has 3 saturated heterocycles. The number of nitrogens with one attached hydrogen (secondary N) is 1. The van der Waals surface area contributed by atoms with Gasteiger partial charge in [-0.1, -0.05) is 29.7 Å². The number of halogens is 1. The minimum Gasteiger partial charge on any atom is -0.393 e. The van der Waals surface area contributed by atoms with E-state index in [0.717, 1.165) is 22.8 Å². The third kappa shape index (κ3) is 6.00. The Balaban J connectivity index is 1.33. The number of nitrogens with zero attached hydrogens (tertiary/aromatic N) is 7. The highest BCUT2D eigenvalue weighted by atomic mass is 32.7. The number of fused-ring (bicyclic) bond motifs is 4. The molecule has 3 aliphatic rings. The molecule has 2 bridgehead atoms. The lowest BCUT2D eigenvalue weighted by atomic mass is 10.1. The molecule has 3 aromatic heterocycles. The summed E-state index contributed by atoms with van der Waals surface area (Å²) in [4.78, 5) is 26.2. The summed E-state index contributed by atoms with van der Waals surface area (Å²) in [5, 5.41) is 17.4. The first-order valence-electron chi connectivity index (χ1n) is 12.6. The van der Waals surface area contributed by atoms with Crippen LogP contribution < -0.4 is 33.6 Å². The first-order valence-corrected chi connectivity index (χ1v) is 18.9. The molecule has 2 unspecified atom stereocenters. The molecular weight excluding hydrogens is 705 g/mol. The molecule has 9 atom stereocenters. The molecule has 0 spiro atoms. The maximum Gasteiger partial charge on any atom is 0.386 e. The molecule has 3 fully saturated rings. The molecule has 27 heteroatoms. The van der Waals surface area contributed by atoms with Gasteiger partial charge in [0.05, 0.1) is 24.6 Å². The zero-order valence-electron chi connectivity index (χ0n) is 22.4. The van der Waals surface area contributed by atoms with E-state index >= 15 is 4.39 Å². The fourth-order valence-corrected chi connectivity index (χ4v) is 9.43. The fourth-order valence-electron chi connectivity index (χ4n) is 4.82. The van der Waals surface area contributed by atoms with E-state index in [-0.39, 0.29) is 34.4 Å². The molecule has 0 aliphatic carbocycles. The van der Waals surface area contributed by atoms with E-state index in [1.165, 1.54) is 0 Å². The van der Waals surface area contributed by atoms with Crippen LogP contribution in [0.25, 0.3) is 11.2 Å². The average Bonchev–Trinajstić information content (AvgIpc) is 3.62. The average molecular weight is 731 g/mol. The van der Waals surface area contributed by atoms with Crippen molar-refractivity contribution in [2.45, 2.75) is 40.8 Å². The number of aromatic nitrogens is 7. The lowest BCUT2D eigenvalue weighted by molar-refractivity contribution is -0.00420. The molecule has 246 valence electrons. The minimum atomic E-state index is -4.49. The highest BCUT2D eigenvalue weighted by molar-refractivity contribution is 8.44. The second-order valence-electron chi connectivity index (χ2n) is 9.87. The second-order valence-corrected chi connectivity index (χ2v) is 17.0. The van der Waals surface area contributed by atoms with Crippen molar-refractivity contribution in [3.8, 4) is 0 Å². The topological polar surface area (TPSA) is 310 Å². The molecule has 0 aromatic carbocycles. The molecule has 3 aromatic rings. The van der Waals surface area contributed by atoms with Gasteiger partial charge in [-0.25, -0.2) is 34.0 Å². The van der Waals surface area contributed by atoms with Crippen LogP contribution in [-0.2, 0) is 32.0 Å². The van der Waals surface area contributed by atoms with E-state index in [4.69, 9.17) is 45.9 Å². The summed E-state index contributed by atoms with van der Waals surface area (Å²) in [5.41, 5.74) is 16.1. The number of rotatable bonds is 3. The summed E-state index contributed by atoms with van der Waals surface area (Å²) in [6, 6.07) is 0. The monoisotopic (exact) mass is 730 g/mol. The number of hydrogen-bond donors (Lipinski definition) is 8. The fraction of sp³-hybridized carbons (Fsp3) is 0.556. The number of aliphatic hydroxyl groups is 1. The molecule has 21 nitrogen and oxygen atoms in total. The normalized spacial score (nSPS) is 37.4. The van der Waals surface area contributed by atoms with E-state index in [1.54, 1.807) is 0 Å². The highest BCUT2D eigenvalue weighted by Gasteiger charge is 2.59. The number of alkyl halides is 1. The first-order chi connectivity index (χ1) is 21.1. The molecular formula is C18H25FN12O9P2S3. The molecule has 0 saturated carbocycles. The Kier molecular flexibility index (Phi) is 8.53. The number of nitrogens with two attached hydrogens (primary N) is 4. The third-order valence-corrected chi connectivity index (χ3v) is 11.7. The van der Waals surface area contributed by atoms with Crippen molar-refractivity contribution in [2.24, 2.45) is 5.84 Å². The van der Waals surface area contributed by atoms with Crippen molar-refractivity contribution in [2.75, 3.05) is 42.0 Å². The molecule has 10 N–H and O–H groups in total. The largest absolute Gasteiger partial charge is 0.393 e. The number of hydrazine groups is 1. The quantitative estimate of drug-likeness (QED) is 0.0546. The van der Waals surface area contributed by atoms with E-state index in [0.29, 0.717) is 5.01 Å². The maximum atomic E-state index is 16.7. The van der Waals surface area contributed by atoms with Gasteiger partial charge in [-0.15, -0.1) is 16.9 Å². The second kappa shape index (κ2) is 11.8. The summed E-state index contributed by atoms with van der Waals surface area (Å²) < 4.78 is 72.4. The number of thioether (sulfide) groups is 1. The van der Waals surface area contributed by atoms with Crippen LogP contribution in [0.2, 0.25) is 0 Å². The van der Waals surface area contributed by atoms with Crippen LogP contribution in [0.3, 0.4) is 0 Å². The van der Waals surface area contributed by atoms with Crippen molar-refractivity contribution in [1.29, 1.82) is 0 Å². The third-order valence-electron chi connectivity index (χ3n) is 7.01. The van der Waals surface area contributed by atoms with Gasteiger partial charge in [-0.3, -0.25) is 32.9 Å². The van der Waals surface area contributed by atoms with Crippen LogP contribution in [-0.4, -0.2) is 95.3 Å². The number of aliphatic hydroxyl groups excluding tert-OH is 1. The van der Waals surface area contributed by atoms with Gasteiger partial charge >= 0.3 is 13.6 Å². The van der Waals surface area contributed by atoms with Crippen molar-refractivity contribution < 1.29 is 41.5 Å². The van der Waals surface area contributed by atoms with Crippen molar-refractivity contribution >= 4 is 84.3 Å². The molecule has 3 aliphatic heterocycles. The van der Waals surface area contributed by atoms with Gasteiger partial charge in [-0.2, -0.15) is 4.98 Å². The van der Waals surface area contributed by atoms with Crippen molar-refractivity contribution in [3.05, 3.63) is 16.7 Å². The van der Waals surface area contributed by atoms with E-state index in [2.05, 4.69) is 54.7 Å². The van der Waals surface area contributed by atoms with Gasteiger partial charge in [0.15, 0.2) is 28.9 Å². The van der Waals surface area contributed by atoms with Gasteiger partial charge in [0.2, 0.25) is 11.7 Å². The molecule has 45 heavy (non-hydrogen) atoms. The van der Waals surface area contributed by atoms with Gasteiger partial charge < -0.3 is 27.0 Å². The van der Waals surface area contributed by atoms with Crippen LogP contribution in [0, 0.1) is 0 Å². The maximum absolute atomic E-state index is 16.7. The SMILES string of the molecule is Nc1nc2c(nnn2[C@@H]2S[C@@H]3COP(=O)(S)O[C@@H]4[C@@H](COP(=O)(S)O[C@@H]2[C@@H]3O)OC[C@]4(F)N(N)c2ncnc(N)c2N)c(=O)[nH]1. The number of aromatic amines is 1. The Morgan fingerprint density at radius 2 is 1.89 bits per heavy atom. The van der Waals surface area contributed by atoms with Crippen molar-refractivity contribution in [1.82, 2.24) is 34.9 Å². The predicted molar refractivity (Wildman–Crippen MR) is 163 cm³/mol. The van der Waals surface area contributed by atoms with Gasteiger partial charge in [0.1, 0.15) is 36.2 Å². The molecule has 6 rings (SSSR count). The first kappa shape index (κ1) is 32.7. The summed E-state index contributed by atoms with van der Waals surface area (Å²) in [6.45, 7) is -11.0. The summed E-state index contributed by atoms with van der Waals surface area (Å²) in [7, 11) is 0. The van der Waals surface area contributed by atoms with Crippen LogP contribution in [0.1, 0.15) is 5.37 Å². The Bertz CT molecular complexity index is 1790. The van der Waals surface area contributed by atoms with Gasteiger partial charge in [0, 0.05) is 0 Å². The smallest absolute Gasteiger partial charge is 0.386 e. The van der Waals surface area contributed by atoms with Crippen LogP contribution in [0.15, 0.2) is 11.1 Å².